The van der Waals surface area contributed by atoms with Gasteiger partial charge in [0.05, 0.1) is 23.1 Å². The van der Waals surface area contributed by atoms with Gasteiger partial charge < -0.3 is 4.74 Å². The second kappa shape index (κ2) is 10.1. The molecule has 0 saturated heterocycles. The van der Waals surface area contributed by atoms with Gasteiger partial charge in [0.1, 0.15) is 5.75 Å². The first kappa shape index (κ1) is 23.2. The summed E-state index contributed by atoms with van der Waals surface area (Å²) in [4.78, 5) is 24.1. The van der Waals surface area contributed by atoms with Crippen LogP contribution in [0.2, 0.25) is 5.02 Å². The summed E-state index contributed by atoms with van der Waals surface area (Å²) in [6.07, 6.45) is -0.950. The molecule has 2 aromatic rings. The lowest BCUT2D eigenvalue weighted by molar-refractivity contribution is -0.132. The largest absolute Gasteiger partial charge is 0.481 e. The van der Waals surface area contributed by atoms with Gasteiger partial charge in [0, 0.05) is 12.1 Å². The van der Waals surface area contributed by atoms with Crippen molar-refractivity contribution in [3.05, 3.63) is 59.1 Å². The zero-order valence-corrected chi connectivity index (χ0v) is 17.7. The Balaban J connectivity index is 1.85. The van der Waals surface area contributed by atoms with E-state index < -0.39 is 34.5 Å². The molecule has 9 nitrogen and oxygen atoms in total. The Labute approximate surface area is 179 Å². The number of rotatable bonds is 7. The minimum atomic E-state index is -3.90. The SMILES string of the molecule is CC(Oc1ccc(C#N)cc1)C(=O)NNC(=O)CN(C)S(=O)(=O)c1ccc(Cl)cc1. The normalized spacial score (nSPS) is 12.0. The molecule has 0 saturated carbocycles. The molecule has 0 aliphatic carbocycles. The minimum Gasteiger partial charge on any atom is -0.481 e. The Morgan fingerprint density at radius 2 is 1.73 bits per heavy atom. The number of hydrazine groups is 1. The Kier molecular flexibility index (Phi) is 7.77. The van der Waals surface area contributed by atoms with E-state index in [-0.39, 0.29) is 4.90 Å². The van der Waals surface area contributed by atoms with Crippen molar-refractivity contribution in [1.29, 1.82) is 5.26 Å². The number of amides is 2. The zero-order valence-electron chi connectivity index (χ0n) is 16.1. The standard InChI is InChI=1S/C19H19ClN4O5S/c1-13(29-16-7-3-14(11-21)4-8-16)19(26)23-22-18(25)12-24(2)30(27,28)17-9-5-15(20)6-10-17/h3-10,13H,12H2,1-2H3,(H,22,25)(H,23,26). The van der Waals surface area contributed by atoms with Gasteiger partial charge in [0.25, 0.3) is 11.8 Å². The van der Waals surface area contributed by atoms with E-state index in [4.69, 9.17) is 21.6 Å². The first-order valence-electron chi connectivity index (χ1n) is 8.61. The molecule has 0 aromatic heterocycles. The molecule has 2 amide bonds. The number of hydrogen-bond acceptors (Lipinski definition) is 6. The summed E-state index contributed by atoms with van der Waals surface area (Å²) >= 11 is 5.75. The summed E-state index contributed by atoms with van der Waals surface area (Å²) in [6.45, 7) is 0.951. The number of carbonyl (C=O) groups is 2. The summed E-state index contributed by atoms with van der Waals surface area (Å²) in [5.74, 6) is -1.01. The minimum absolute atomic E-state index is 0.0179. The molecular weight excluding hydrogens is 432 g/mol. The second-order valence-corrected chi connectivity index (χ2v) is 8.63. The van der Waals surface area contributed by atoms with E-state index in [0.717, 1.165) is 4.31 Å². The highest BCUT2D eigenvalue weighted by atomic mass is 35.5. The van der Waals surface area contributed by atoms with Crippen LogP contribution >= 0.6 is 11.6 Å². The second-order valence-electron chi connectivity index (χ2n) is 6.15. The van der Waals surface area contributed by atoms with Crippen LogP contribution in [0.3, 0.4) is 0 Å². The molecule has 0 heterocycles. The van der Waals surface area contributed by atoms with Crippen LogP contribution < -0.4 is 15.6 Å². The van der Waals surface area contributed by atoms with Gasteiger partial charge in [0.15, 0.2) is 6.10 Å². The van der Waals surface area contributed by atoms with Gasteiger partial charge in [0.2, 0.25) is 10.0 Å². The van der Waals surface area contributed by atoms with E-state index in [0.29, 0.717) is 16.3 Å². The number of halogens is 1. The summed E-state index contributed by atoms with van der Waals surface area (Å²) in [6, 6.07) is 13.6. The maximum absolute atomic E-state index is 12.4. The zero-order chi connectivity index (χ0) is 22.3. The number of carbonyl (C=O) groups excluding carboxylic acids is 2. The number of ether oxygens (including phenoxy) is 1. The van der Waals surface area contributed by atoms with Crippen molar-refractivity contribution < 1.29 is 22.7 Å². The third-order valence-electron chi connectivity index (χ3n) is 3.88. The topological polar surface area (TPSA) is 129 Å². The Bertz CT molecular complexity index is 1050. The fourth-order valence-electron chi connectivity index (χ4n) is 2.21. The van der Waals surface area contributed by atoms with Gasteiger partial charge in [-0.2, -0.15) is 9.57 Å². The third kappa shape index (κ3) is 6.18. The van der Waals surface area contributed by atoms with Gasteiger partial charge in [-0.1, -0.05) is 11.6 Å². The van der Waals surface area contributed by atoms with Crippen molar-refractivity contribution >= 4 is 33.4 Å². The number of sulfonamides is 1. The van der Waals surface area contributed by atoms with Crippen LogP contribution in [0, 0.1) is 11.3 Å². The van der Waals surface area contributed by atoms with Gasteiger partial charge in [-0.15, -0.1) is 0 Å². The summed E-state index contributed by atoms with van der Waals surface area (Å²) in [5, 5.41) is 9.15. The van der Waals surface area contributed by atoms with Gasteiger partial charge >= 0.3 is 0 Å². The van der Waals surface area contributed by atoms with Crippen molar-refractivity contribution in [3.8, 4) is 11.8 Å². The number of benzene rings is 2. The molecule has 1 unspecified atom stereocenters. The van der Waals surface area contributed by atoms with Crippen LogP contribution in [0.15, 0.2) is 53.4 Å². The van der Waals surface area contributed by atoms with Crippen molar-refractivity contribution in [2.24, 2.45) is 0 Å². The third-order valence-corrected chi connectivity index (χ3v) is 5.95. The first-order chi connectivity index (χ1) is 14.1. The lowest BCUT2D eigenvalue weighted by Crippen LogP contribution is -2.50. The molecule has 0 spiro atoms. The fraction of sp³-hybridized carbons (Fsp3) is 0.211. The molecule has 1 atom stereocenters. The van der Waals surface area contributed by atoms with E-state index in [9.17, 15) is 18.0 Å². The highest BCUT2D eigenvalue weighted by Gasteiger charge is 2.23. The van der Waals surface area contributed by atoms with Crippen LogP contribution in [0.1, 0.15) is 12.5 Å². The number of nitrogens with zero attached hydrogens (tertiary/aromatic N) is 2. The maximum atomic E-state index is 12.4. The highest BCUT2D eigenvalue weighted by Crippen LogP contribution is 2.17. The lowest BCUT2D eigenvalue weighted by atomic mass is 10.2. The molecule has 30 heavy (non-hydrogen) atoms. The number of likely N-dealkylation sites (N-methyl/N-ethyl adjacent to an activating group) is 1. The summed E-state index contributed by atoms with van der Waals surface area (Å²) in [7, 11) is -2.66. The molecule has 0 bridgehead atoms. The Morgan fingerprint density at radius 1 is 1.13 bits per heavy atom. The molecule has 0 radical (unpaired) electrons. The average Bonchev–Trinajstić information content (AvgIpc) is 2.72. The first-order valence-corrected chi connectivity index (χ1v) is 10.4. The van der Waals surface area contributed by atoms with Crippen molar-refractivity contribution in [2.45, 2.75) is 17.9 Å². The summed E-state index contributed by atoms with van der Waals surface area (Å²) < 4.78 is 31.2. The molecule has 2 aromatic carbocycles. The number of nitriles is 1. The Hall–Kier alpha value is -3.13. The van der Waals surface area contributed by atoms with E-state index in [1.54, 1.807) is 12.1 Å². The Morgan fingerprint density at radius 3 is 2.30 bits per heavy atom. The molecule has 0 aliphatic rings. The van der Waals surface area contributed by atoms with Gasteiger partial charge in [-0.25, -0.2) is 8.42 Å². The fourth-order valence-corrected chi connectivity index (χ4v) is 3.46. The van der Waals surface area contributed by atoms with Crippen LogP contribution in [-0.4, -0.2) is 44.2 Å². The molecule has 2 rings (SSSR count). The average molecular weight is 451 g/mol. The monoisotopic (exact) mass is 450 g/mol. The van der Waals surface area contributed by atoms with E-state index in [1.165, 1.54) is 50.4 Å². The number of nitrogens with one attached hydrogen (secondary N) is 2. The van der Waals surface area contributed by atoms with Gasteiger partial charge in [-0.05, 0) is 55.5 Å². The van der Waals surface area contributed by atoms with Crippen LogP contribution in [0.25, 0.3) is 0 Å². The quantitative estimate of drug-likeness (QED) is 0.614. The highest BCUT2D eigenvalue weighted by molar-refractivity contribution is 7.89. The van der Waals surface area contributed by atoms with E-state index in [1.807, 2.05) is 6.07 Å². The molecule has 11 heteroatoms. The van der Waals surface area contributed by atoms with Gasteiger partial charge in [-0.3, -0.25) is 20.4 Å². The van der Waals surface area contributed by atoms with Crippen molar-refractivity contribution in [2.75, 3.05) is 13.6 Å². The predicted molar refractivity (Wildman–Crippen MR) is 109 cm³/mol. The summed E-state index contributed by atoms with van der Waals surface area (Å²) in [5.41, 5.74) is 4.76. The van der Waals surface area contributed by atoms with Crippen LogP contribution in [0.5, 0.6) is 5.75 Å². The van der Waals surface area contributed by atoms with Crippen molar-refractivity contribution in [3.63, 3.8) is 0 Å². The van der Waals surface area contributed by atoms with Crippen LogP contribution in [0.4, 0.5) is 0 Å². The van der Waals surface area contributed by atoms with E-state index >= 15 is 0 Å². The molecule has 158 valence electrons. The predicted octanol–water partition coefficient (Wildman–Crippen LogP) is 1.45. The smallest absolute Gasteiger partial charge is 0.279 e. The lowest BCUT2D eigenvalue weighted by Gasteiger charge is -2.18. The van der Waals surface area contributed by atoms with Crippen molar-refractivity contribution in [1.82, 2.24) is 15.2 Å². The maximum Gasteiger partial charge on any atom is 0.279 e. The van der Waals surface area contributed by atoms with Crippen LogP contribution in [-0.2, 0) is 19.6 Å². The molecule has 0 aliphatic heterocycles. The molecular formula is C19H19ClN4O5S. The molecule has 2 N–H and O–H groups in total. The molecule has 0 fully saturated rings. The number of hydrogen-bond donors (Lipinski definition) is 2. The van der Waals surface area contributed by atoms with E-state index in [2.05, 4.69) is 10.9 Å².